The summed E-state index contributed by atoms with van der Waals surface area (Å²) >= 11 is 0. The van der Waals surface area contributed by atoms with Crippen LogP contribution in [-0.2, 0) is 0 Å². The van der Waals surface area contributed by atoms with Gasteiger partial charge in [0.2, 0.25) is 5.89 Å². The first-order valence-corrected chi connectivity index (χ1v) is 9.70. The minimum Gasteiger partial charge on any atom is -0.494 e. The minimum atomic E-state index is -0.270. The standard InChI is InChI=1S/C23H21N3O4/c1-3-28-18-12-16(13-19(14-18)29-4-2)22(27)25-17-8-5-7-15(11-17)23-26-21-20(30-23)9-6-10-24-21/h5-14H,3-4H2,1-2H3,(H,25,27). The number of nitrogens with one attached hydrogen (secondary N) is 1. The van der Waals surface area contributed by atoms with E-state index in [4.69, 9.17) is 13.9 Å². The lowest BCUT2D eigenvalue weighted by Gasteiger charge is -2.11. The Morgan fingerprint density at radius 1 is 1.00 bits per heavy atom. The van der Waals surface area contributed by atoms with Crippen molar-refractivity contribution in [3.05, 3.63) is 66.4 Å². The van der Waals surface area contributed by atoms with Crippen LogP contribution in [0.4, 0.5) is 5.69 Å². The molecule has 0 radical (unpaired) electrons. The summed E-state index contributed by atoms with van der Waals surface area (Å²) in [7, 11) is 0. The van der Waals surface area contributed by atoms with E-state index in [0.717, 1.165) is 5.56 Å². The number of hydrogen-bond acceptors (Lipinski definition) is 6. The molecule has 2 aromatic heterocycles. The maximum absolute atomic E-state index is 12.8. The fourth-order valence-electron chi connectivity index (χ4n) is 3.03. The zero-order valence-corrected chi connectivity index (χ0v) is 16.7. The highest BCUT2D eigenvalue weighted by Gasteiger charge is 2.13. The Morgan fingerprint density at radius 3 is 2.47 bits per heavy atom. The number of pyridine rings is 1. The van der Waals surface area contributed by atoms with Gasteiger partial charge in [0.15, 0.2) is 11.2 Å². The fraction of sp³-hybridized carbons (Fsp3) is 0.174. The molecule has 0 spiro atoms. The molecular weight excluding hydrogens is 382 g/mol. The highest BCUT2D eigenvalue weighted by molar-refractivity contribution is 6.05. The molecule has 4 rings (SSSR count). The molecule has 1 amide bonds. The van der Waals surface area contributed by atoms with E-state index >= 15 is 0 Å². The first-order chi connectivity index (χ1) is 14.7. The van der Waals surface area contributed by atoms with Crippen molar-refractivity contribution < 1.29 is 18.7 Å². The first kappa shape index (κ1) is 19.4. The van der Waals surface area contributed by atoms with Crippen LogP contribution < -0.4 is 14.8 Å². The molecule has 4 aromatic rings. The average molecular weight is 403 g/mol. The highest BCUT2D eigenvalue weighted by atomic mass is 16.5. The molecule has 0 aliphatic heterocycles. The lowest BCUT2D eigenvalue weighted by Crippen LogP contribution is -2.12. The number of carbonyl (C=O) groups is 1. The van der Waals surface area contributed by atoms with Gasteiger partial charge in [-0.2, -0.15) is 4.98 Å². The molecule has 7 nitrogen and oxygen atoms in total. The molecule has 0 atom stereocenters. The van der Waals surface area contributed by atoms with Gasteiger partial charge in [-0.1, -0.05) is 6.07 Å². The van der Waals surface area contributed by atoms with Gasteiger partial charge >= 0.3 is 0 Å². The summed E-state index contributed by atoms with van der Waals surface area (Å²) in [6.07, 6.45) is 1.66. The zero-order valence-electron chi connectivity index (χ0n) is 16.7. The predicted octanol–water partition coefficient (Wildman–Crippen LogP) is 4.94. The van der Waals surface area contributed by atoms with Gasteiger partial charge in [-0.15, -0.1) is 0 Å². The zero-order chi connectivity index (χ0) is 20.9. The van der Waals surface area contributed by atoms with E-state index in [9.17, 15) is 4.79 Å². The molecule has 2 heterocycles. The number of nitrogens with zero attached hydrogens (tertiary/aromatic N) is 2. The van der Waals surface area contributed by atoms with Crippen molar-refractivity contribution in [2.45, 2.75) is 13.8 Å². The van der Waals surface area contributed by atoms with Crippen molar-refractivity contribution in [2.24, 2.45) is 0 Å². The predicted molar refractivity (Wildman–Crippen MR) is 114 cm³/mol. The maximum Gasteiger partial charge on any atom is 0.255 e. The Hall–Kier alpha value is -3.87. The Balaban J connectivity index is 1.58. The first-order valence-electron chi connectivity index (χ1n) is 9.70. The Kier molecular flexibility index (Phi) is 5.61. The highest BCUT2D eigenvalue weighted by Crippen LogP contribution is 2.27. The second-order valence-corrected chi connectivity index (χ2v) is 6.44. The lowest BCUT2D eigenvalue weighted by atomic mass is 10.1. The van der Waals surface area contributed by atoms with Crippen molar-refractivity contribution in [1.82, 2.24) is 9.97 Å². The van der Waals surface area contributed by atoms with Crippen LogP contribution in [0.3, 0.4) is 0 Å². The summed E-state index contributed by atoms with van der Waals surface area (Å²) < 4.78 is 16.9. The van der Waals surface area contributed by atoms with Crippen LogP contribution in [0.2, 0.25) is 0 Å². The van der Waals surface area contributed by atoms with E-state index in [-0.39, 0.29) is 5.91 Å². The quantitative estimate of drug-likeness (QED) is 0.470. The van der Waals surface area contributed by atoms with Gasteiger partial charge in [-0.3, -0.25) is 4.79 Å². The van der Waals surface area contributed by atoms with Gasteiger partial charge in [-0.05, 0) is 56.3 Å². The Bertz CT molecular complexity index is 1130. The molecule has 0 unspecified atom stereocenters. The van der Waals surface area contributed by atoms with Crippen LogP contribution >= 0.6 is 0 Å². The van der Waals surface area contributed by atoms with E-state index in [1.54, 1.807) is 42.6 Å². The molecule has 30 heavy (non-hydrogen) atoms. The molecule has 7 heteroatoms. The minimum absolute atomic E-state index is 0.270. The topological polar surface area (TPSA) is 86.5 Å². The third-order valence-electron chi connectivity index (χ3n) is 4.30. The van der Waals surface area contributed by atoms with Crippen LogP contribution in [0.15, 0.2) is 65.2 Å². The molecule has 0 aliphatic rings. The normalized spacial score (nSPS) is 10.7. The third kappa shape index (κ3) is 4.25. The fourth-order valence-corrected chi connectivity index (χ4v) is 3.03. The van der Waals surface area contributed by atoms with Crippen molar-refractivity contribution in [3.8, 4) is 23.0 Å². The van der Waals surface area contributed by atoms with E-state index in [1.807, 2.05) is 32.0 Å². The SMILES string of the molecule is CCOc1cc(OCC)cc(C(=O)Nc2cccc(-c3nc4ncccc4o3)c2)c1. The number of oxazole rings is 1. The number of fused-ring (bicyclic) bond motifs is 1. The monoisotopic (exact) mass is 403 g/mol. The number of aromatic nitrogens is 2. The van der Waals surface area contributed by atoms with Crippen molar-refractivity contribution in [2.75, 3.05) is 18.5 Å². The lowest BCUT2D eigenvalue weighted by molar-refractivity contribution is 0.102. The van der Waals surface area contributed by atoms with Gasteiger partial charge in [-0.25, -0.2) is 4.98 Å². The largest absolute Gasteiger partial charge is 0.494 e. The second kappa shape index (κ2) is 8.65. The molecule has 0 aliphatic carbocycles. The Labute approximate surface area is 173 Å². The van der Waals surface area contributed by atoms with Crippen LogP contribution in [-0.4, -0.2) is 29.1 Å². The second-order valence-electron chi connectivity index (χ2n) is 6.44. The van der Waals surface area contributed by atoms with Crippen LogP contribution in [0, 0.1) is 0 Å². The number of anilines is 1. The molecule has 0 fully saturated rings. The molecular formula is C23H21N3O4. The van der Waals surface area contributed by atoms with Crippen LogP contribution in [0.5, 0.6) is 11.5 Å². The molecule has 2 aromatic carbocycles. The summed E-state index contributed by atoms with van der Waals surface area (Å²) in [6, 6.07) is 16.1. The van der Waals surface area contributed by atoms with E-state index in [2.05, 4.69) is 15.3 Å². The smallest absolute Gasteiger partial charge is 0.255 e. The number of benzene rings is 2. The van der Waals surface area contributed by atoms with Crippen molar-refractivity contribution >= 4 is 22.8 Å². The number of rotatable bonds is 7. The summed E-state index contributed by atoms with van der Waals surface area (Å²) in [4.78, 5) is 21.4. The van der Waals surface area contributed by atoms with Crippen molar-refractivity contribution in [3.63, 3.8) is 0 Å². The molecule has 0 bridgehead atoms. The van der Waals surface area contributed by atoms with E-state index < -0.39 is 0 Å². The molecule has 0 saturated heterocycles. The number of hydrogen-bond donors (Lipinski definition) is 1. The summed E-state index contributed by atoms with van der Waals surface area (Å²) in [6.45, 7) is 4.77. The number of carbonyl (C=O) groups excluding carboxylic acids is 1. The van der Waals surface area contributed by atoms with Gasteiger partial charge < -0.3 is 19.2 Å². The Morgan fingerprint density at radius 2 is 1.77 bits per heavy atom. The van der Waals surface area contributed by atoms with Gasteiger partial charge in [0, 0.05) is 29.1 Å². The number of ether oxygens (including phenoxy) is 2. The van der Waals surface area contributed by atoms with Gasteiger partial charge in [0.1, 0.15) is 11.5 Å². The van der Waals surface area contributed by atoms with E-state index in [0.29, 0.717) is 53.1 Å². The van der Waals surface area contributed by atoms with Crippen molar-refractivity contribution in [1.29, 1.82) is 0 Å². The van der Waals surface area contributed by atoms with Crippen LogP contribution in [0.1, 0.15) is 24.2 Å². The average Bonchev–Trinajstić information content (AvgIpc) is 3.19. The summed E-state index contributed by atoms with van der Waals surface area (Å²) in [5.41, 5.74) is 2.95. The van der Waals surface area contributed by atoms with Crippen LogP contribution in [0.25, 0.3) is 22.7 Å². The van der Waals surface area contributed by atoms with E-state index in [1.165, 1.54) is 0 Å². The molecule has 1 N–H and O–H groups in total. The molecule has 152 valence electrons. The number of amides is 1. The van der Waals surface area contributed by atoms with Gasteiger partial charge in [0.25, 0.3) is 5.91 Å². The maximum atomic E-state index is 12.8. The third-order valence-corrected chi connectivity index (χ3v) is 4.30. The summed E-state index contributed by atoms with van der Waals surface area (Å²) in [5.74, 6) is 1.34. The summed E-state index contributed by atoms with van der Waals surface area (Å²) in [5, 5.41) is 2.91. The molecule has 0 saturated carbocycles. The van der Waals surface area contributed by atoms with Gasteiger partial charge in [0.05, 0.1) is 13.2 Å².